The molecule has 1 aliphatic heterocycles. The van der Waals surface area contributed by atoms with Gasteiger partial charge in [0.1, 0.15) is 0 Å². The van der Waals surface area contributed by atoms with Crippen LogP contribution in [0.5, 0.6) is 0 Å². The van der Waals surface area contributed by atoms with Crippen molar-refractivity contribution in [1.82, 2.24) is 4.90 Å². The second-order valence-electron chi connectivity index (χ2n) is 9.37. The highest BCUT2D eigenvalue weighted by Gasteiger charge is 2.19. The van der Waals surface area contributed by atoms with Crippen LogP contribution in [0.3, 0.4) is 0 Å². The Kier molecular flexibility index (Phi) is 17.5. The van der Waals surface area contributed by atoms with Crippen LogP contribution in [0.2, 0.25) is 0 Å². The Labute approximate surface area is 176 Å². The maximum atomic E-state index is 10.3. The van der Waals surface area contributed by atoms with Gasteiger partial charge in [0.2, 0.25) is 0 Å². The molecule has 3 N–H and O–H groups in total. The zero-order chi connectivity index (χ0) is 20.3. The Hall–Kier alpha value is -0.120. The molecule has 1 atom stereocenters. The number of nitrogens with zero attached hydrogens (tertiary/aromatic N) is 1. The summed E-state index contributed by atoms with van der Waals surface area (Å²) in [5.74, 6) is 0.712. The van der Waals surface area contributed by atoms with Crippen LogP contribution >= 0.6 is 0 Å². The molecule has 168 valence electrons. The van der Waals surface area contributed by atoms with Crippen LogP contribution in [0, 0.1) is 5.92 Å². The SMILES string of the molecule is CCCCCCCCCCCCCCCCCC(O)CN1CCC(CN)CC1. The Morgan fingerprint density at radius 3 is 1.61 bits per heavy atom. The number of nitrogens with two attached hydrogens (primary N) is 1. The summed E-state index contributed by atoms with van der Waals surface area (Å²) < 4.78 is 0. The Morgan fingerprint density at radius 1 is 0.750 bits per heavy atom. The minimum Gasteiger partial charge on any atom is -0.392 e. The molecule has 3 nitrogen and oxygen atoms in total. The summed E-state index contributed by atoms with van der Waals surface area (Å²) >= 11 is 0. The van der Waals surface area contributed by atoms with Crippen LogP contribution in [0.4, 0.5) is 0 Å². The van der Waals surface area contributed by atoms with E-state index < -0.39 is 0 Å². The second kappa shape index (κ2) is 18.9. The molecule has 0 aliphatic carbocycles. The molecular weight excluding hydrogens is 344 g/mol. The van der Waals surface area contributed by atoms with E-state index >= 15 is 0 Å². The molecule has 0 bridgehead atoms. The van der Waals surface area contributed by atoms with E-state index in [2.05, 4.69) is 11.8 Å². The van der Waals surface area contributed by atoms with Gasteiger partial charge in [0, 0.05) is 6.54 Å². The number of piperidine rings is 1. The van der Waals surface area contributed by atoms with Crippen molar-refractivity contribution in [3.63, 3.8) is 0 Å². The molecule has 0 aromatic heterocycles. The number of β-amino-alcohol motifs (C(OH)–C–C–N with tert-alkyl or cyclic N) is 1. The van der Waals surface area contributed by atoms with Gasteiger partial charge < -0.3 is 15.7 Å². The predicted molar refractivity (Wildman–Crippen MR) is 124 cm³/mol. The number of likely N-dealkylation sites (tertiary alicyclic amines) is 1. The van der Waals surface area contributed by atoms with E-state index in [1.165, 1.54) is 109 Å². The third-order valence-electron chi connectivity index (χ3n) is 6.65. The molecule has 1 unspecified atom stereocenters. The van der Waals surface area contributed by atoms with Gasteiger partial charge in [-0.3, -0.25) is 0 Å². The van der Waals surface area contributed by atoms with Gasteiger partial charge in [-0.2, -0.15) is 0 Å². The summed E-state index contributed by atoms with van der Waals surface area (Å²) in [7, 11) is 0. The summed E-state index contributed by atoms with van der Waals surface area (Å²) in [5.41, 5.74) is 5.75. The van der Waals surface area contributed by atoms with Gasteiger partial charge in [-0.05, 0) is 44.8 Å². The van der Waals surface area contributed by atoms with Crippen molar-refractivity contribution in [1.29, 1.82) is 0 Å². The van der Waals surface area contributed by atoms with Crippen LogP contribution < -0.4 is 5.73 Å². The van der Waals surface area contributed by atoms with Crippen molar-refractivity contribution in [3.8, 4) is 0 Å². The zero-order valence-electron chi connectivity index (χ0n) is 19.2. The summed E-state index contributed by atoms with van der Waals surface area (Å²) in [4.78, 5) is 2.43. The molecule has 1 rings (SSSR count). The maximum absolute atomic E-state index is 10.3. The number of unbranched alkanes of at least 4 members (excludes halogenated alkanes) is 14. The summed E-state index contributed by atoms with van der Waals surface area (Å²) in [6, 6.07) is 0. The Morgan fingerprint density at radius 2 is 1.18 bits per heavy atom. The van der Waals surface area contributed by atoms with Gasteiger partial charge in [0.25, 0.3) is 0 Å². The smallest absolute Gasteiger partial charge is 0.0667 e. The topological polar surface area (TPSA) is 49.5 Å². The first-order valence-corrected chi connectivity index (χ1v) is 12.9. The van der Waals surface area contributed by atoms with Gasteiger partial charge in [0.05, 0.1) is 6.10 Å². The molecule has 0 amide bonds. The van der Waals surface area contributed by atoms with E-state index in [9.17, 15) is 5.11 Å². The van der Waals surface area contributed by atoms with Gasteiger partial charge in [-0.1, -0.05) is 103 Å². The van der Waals surface area contributed by atoms with E-state index in [4.69, 9.17) is 5.73 Å². The maximum Gasteiger partial charge on any atom is 0.0667 e. The number of aliphatic hydroxyl groups excluding tert-OH is 1. The molecule has 1 fully saturated rings. The van der Waals surface area contributed by atoms with Gasteiger partial charge in [0.15, 0.2) is 0 Å². The fourth-order valence-electron chi connectivity index (χ4n) is 4.55. The Balaban J connectivity index is 1.77. The molecule has 3 heteroatoms. The van der Waals surface area contributed by atoms with Crippen LogP contribution in [0.25, 0.3) is 0 Å². The lowest BCUT2D eigenvalue weighted by Crippen LogP contribution is -2.40. The van der Waals surface area contributed by atoms with Crippen molar-refractivity contribution in [2.45, 2.75) is 129 Å². The summed E-state index contributed by atoms with van der Waals surface area (Å²) in [6.07, 6.45) is 24.3. The van der Waals surface area contributed by atoms with E-state index in [0.717, 1.165) is 32.6 Å². The summed E-state index contributed by atoms with van der Waals surface area (Å²) in [5, 5.41) is 10.3. The average molecular weight is 397 g/mol. The highest BCUT2D eigenvalue weighted by Crippen LogP contribution is 2.17. The average Bonchev–Trinajstić information content (AvgIpc) is 2.71. The standard InChI is InChI=1S/C25H52N2O/c1-2-3-4-5-6-7-8-9-10-11-12-13-14-15-16-17-25(28)23-27-20-18-24(22-26)19-21-27/h24-25,28H,2-23,26H2,1H3. The van der Waals surface area contributed by atoms with Crippen LogP contribution in [-0.2, 0) is 0 Å². The van der Waals surface area contributed by atoms with Crippen molar-refractivity contribution >= 4 is 0 Å². The largest absolute Gasteiger partial charge is 0.392 e. The molecule has 28 heavy (non-hydrogen) atoms. The van der Waals surface area contributed by atoms with Gasteiger partial charge in [-0.15, -0.1) is 0 Å². The van der Waals surface area contributed by atoms with Crippen LogP contribution in [0.15, 0.2) is 0 Å². The first-order chi connectivity index (χ1) is 13.8. The Bertz CT molecular complexity index is 316. The third-order valence-corrected chi connectivity index (χ3v) is 6.65. The van der Waals surface area contributed by atoms with Crippen LogP contribution in [-0.4, -0.2) is 42.3 Å². The highest BCUT2D eigenvalue weighted by atomic mass is 16.3. The lowest BCUT2D eigenvalue weighted by atomic mass is 9.96. The highest BCUT2D eigenvalue weighted by molar-refractivity contribution is 4.74. The fraction of sp³-hybridized carbons (Fsp3) is 1.00. The van der Waals surface area contributed by atoms with Crippen molar-refractivity contribution in [2.24, 2.45) is 11.7 Å². The molecule has 1 saturated heterocycles. The molecule has 0 spiro atoms. The predicted octanol–water partition coefficient (Wildman–Crippen LogP) is 6.28. The van der Waals surface area contributed by atoms with E-state index in [1.807, 2.05) is 0 Å². The number of hydrogen-bond acceptors (Lipinski definition) is 3. The lowest BCUT2D eigenvalue weighted by molar-refractivity contribution is 0.0830. The first kappa shape index (κ1) is 25.9. The number of rotatable bonds is 19. The normalized spacial score (nSPS) is 17.2. The zero-order valence-corrected chi connectivity index (χ0v) is 19.2. The molecule has 0 aromatic rings. The molecule has 1 heterocycles. The van der Waals surface area contributed by atoms with Crippen molar-refractivity contribution in [3.05, 3.63) is 0 Å². The van der Waals surface area contributed by atoms with E-state index in [-0.39, 0.29) is 6.10 Å². The first-order valence-electron chi connectivity index (χ1n) is 12.9. The monoisotopic (exact) mass is 396 g/mol. The van der Waals surface area contributed by atoms with Gasteiger partial charge >= 0.3 is 0 Å². The van der Waals surface area contributed by atoms with E-state index in [0.29, 0.717) is 5.92 Å². The molecule has 1 aliphatic rings. The fourth-order valence-corrected chi connectivity index (χ4v) is 4.55. The molecule has 0 radical (unpaired) electrons. The molecule has 0 aromatic carbocycles. The van der Waals surface area contributed by atoms with Crippen LogP contribution in [0.1, 0.15) is 122 Å². The van der Waals surface area contributed by atoms with Crippen molar-refractivity contribution < 1.29 is 5.11 Å². The molecule has 0 saturated carbocycles. The molecular formula is C25H52N2O. The third kappa shape index (κ3) is 14.8. The minimum atomic E-state index is -0.128. The lowest BCUT2D eigenvalue weighted by Gasteiger charge is -2.32. The second-order valence-corrected chi connectivity index (χ2v) is 9.37. The quantitative estimate of drug-likeness (QED) is 0.253. The number of hydrogen-bond donors (Lipinski definition) is 2. The minimum absolute atomic E-state index is 0.128. The number of aliphatic hydroxyl groups is 1. The van der Waals surface area contributed by atoms with Gasteiger partial charge in [-0.25, -0.2) is 0 Å². The van der Waals surface area contributed by atoms with E-state index in [1.54, 1.807) is 0 Å². The summed E-state index contributed by atoms with van der Waals surface area (Å²) in [6.45, 7) is 6.23. The van der Waals surface area contributed by atoms with Crippen molar-refractivity contribution in [2.75, 3.05) is 26.2 Å².